The minimum Gasteiger partial charge on any atom is -0.394 e. The lowest BCUT2D eigenvalue weighted by Gasteiger charge is -1.80. The van der Waals surface area contributed by atoms with Crippen LogP contribution < -0.4 is 0 Å². The van der Waals surface area contributed by atoms with Crippen LogP contribution in [-0.4, -0.2) is 11.2 Å². The Bertz CT molecular complexity index is 38.5. The van der Waals surface area contributed by atoms with Gasteiger partial charge < -0.3 is 5.11 Å². The van der Waals surface area contributed by atoms with E-state index in [2.05, 4.69) is 0 Å². The zero-order chi connectivity index (χ0) is 5.21. The first-order valence-corrected chi connectivity index (χ1v) is 1.08. The van der Waals surface area contributed by atoms with Crippen LogP contribution in [-0.2, 0) is 0 Å². The second-order valence-electron chi connectivity index (χ2n) is 0.735. The van der Waals surface area contributed by atoms with Crippen molar-refractivity contribution in [2.75, 3.05) is 0 Å². The zero-order valence-electron chi connectivity index (χ0n) is 4.65. The average Bonchev–Trinajstić information content (AvgIpc) is 1.35. The van der Waals surface area contributed by atoms with Gasteiger partial charge in [-0.15, -0.1) is 0 Å². The van der Waals surface area contributed by atoms with Crippen LogP contribution >= 0.6 is 0 Å². The van der Waals surface area contributed by atoms with Gasteiger partial charge in [0.2, 0.25) is 0 Å². The summed E-state index contributed by atoms with van der Waals surface area (Å²) in [6.45, 7) is 1.02. The van der Waals surface area contributed by atoms with E-state index in [0.717, 1.165) is 0 Å². The molecule has 0 spiro atoms. The lowest BCUT2D eigenvalue weighted by molar-refractivity contribution is 0.216. The van der Waals surface area contributed by atoms with Crippen molar-refractivity contribution in [2.45, 2.75) is 19.9 Å². The SMILES string of the molecule is [2H]CC([2H])(C)O. The van der Waals surface area contributed by atoms with E-state index in [1.807, 2.05) is 0 Å². The Labute approximate surface area is 29.1 Å². The molecule has 4 heavy (non-hydrogen) atoms. The number of hydrogen-bond acceptors (Lipinski definition) is 1. The molecule has 0 aromatic heterocycles. The molecule has 0 radical (unpaired) electrons. The smallest absolute Gasteiger partial charge is 0.0594 e. The normalized spacial score (nSPS) is 30.5. The average molecular weight is 62.1 g/mol. The van der Waals surface area contributed by atoms with E-state index in [9.17, 15) is 0 Å². The Hall–Kier alpha value is -0.0400. The molecule has 0 saturated heterocycles. The van der Waals surface area contributed by atoms with Crippen LogP contribution in [0.4, 0.5) is 0 Å². The van der Waals surface area contributed by atoms with Crippen molar-refractivity contribution in [3.8, 4) is 0 Å². The van der Waals surface area contributed by atoms with E-state index in [4.69, 9.17) is 7.85 Å². The van der Waals surface area contributed by atoms with E-state index in [1.165, 1.54) is 6.92 Å². The highest BCUT2D eigenvalue weighted by molar-refractivity contribution is 4.20. The second kappa shape index (κ2) is 1.30. The predicted molar refractivity (Wildman–Crippen MR) is 17.4 cm³/mol. The minimum atomic E-state index is -1.54. The summed E-state index contributed by atoms with van der Waals surface area (Å²) in [6.07, 6.45) is -1.54. The van der Waals surface area contributed by atoms with Crippen LogP contribution in [0.1, 0.15) is 16.6 Å². The van der Waals surface area contributed by atoms with Gasteiger partial charge in [0.25, 0.3) is 0 Å². The Kier molecular flexibility index (Phi) is 0.458. The van der Waals surface area contributed by atoms with E-state index < -0.39 is 6.08 Å². The third-order valence-electron chi connectivity index (χ3n) is 0. The molecule has 0 aliphatic rings. The molecule has 0 aromatic rings. The van der Waals surface area contributed by atoms with Crippen LogP contribution in [0.3, 0.4) is 0 Å². The summed E-state index contributed by atoms with van der Waals surface area (Å²) in [5.74, 6) is 0. The standard InChI is InChI=1S/C3H8O/c1-3(2)4/h3-4H,1-2H3/i1D,3D. The lowest BCUT2D eigenvalue weighted by atomic mass is 10.5. The Balaban J connectivity index is 3.17. The van der Waals surface area contributed by atoms with Gasteiger partial charge in [-0.25, -0.2) is 0 Å². The fraction of sp³-hybridized carbons (Fsp3) is 1.00. The molecule has 1 unspecified atom stereocenters. The summed E-state index contributed by atoms with van der Waals surface area (Å²) in [5.41, 5.74) is 0. The summed E-state index contributed by atoms with van der Waals surface area (Å²) < 4.78 is 13.0. The molecule has 1 heteroatoms. The van der Waals surface area contributed by atoms with Crippen LogP contribution in [0, 0.1) is 0 Å². The molecule has 0 saturated carbocycles. The zero-order valence-corrected chi connectivity index (χ0v) is 2.65. The molecule has 0 aliphatic carbocycles. The first-order chi connectivity index (χ1) is 2.56. The first kappa shape index (κ1) is 1.41. The predicted octanol–water partition coefficient (Wildman–Crippen LogP) is 0.387. The first-order valence-electron chi connectivity index (χ1n) is 2.28. The molecule has 1 atom stereocenters. The van der Waals surface area contributed by atoms with E-state index in [0.29, 0.717) is 0 Å². The van der Waals surface area contributed by atoms with Crippen molar-refractivity contribution >= 4 is 0 Å². The molecule has 0 amide bonds. The van der Waals surface area contributed by atoms with Crippen LogP contribution in [0.2, 0.25) is 0 Å². The summed E-state index contributed by atoms with van der Waals surface area (Å²) >= 11 is 0. The Morgan fingerprint density at radius 1 is 2.50 bits per heavy atom. The Morgan fingerprint density at radius 2 is 2.75 bits per heavy atom. The fourth-order valence-corrected chi connectivity index (χ4v) is 0. The van der Waals surface area contributed by atoms with Crippen molar-refractivity contribution in [3.05, 3.63) is 0 Å². The van der Waals surface area contributed by atoms with Crippen molar-refractivity contribution in [1.29, 1.82) is 0 Å². The maximum absolute atomic E-state index is 8.31. The third-order valence-corrected chi connectivity index (χ3v) is 0. The summed E-state index contributed by atoms with van der Waals surface area (Å²) in [5, 5.41) is 8.31. The van der Waals surface area contributed by atoms with Gasteiger partial charge in [-0.1, -0.05) is 0 Å². The summed E-state index contributed by atoms with van der Waals surface area (Å²) in [4.78, 5) is 0. The Morgan fingerprint density at radius 3 is 2.75 bits per heavy atom. The van der Waals surface area contributed by atoms with Gasteiger partial charge in [0.05, 0.1) is 1.37 Å². The van der Waals surface area contributed by atoms with Crippen LogP contribution in [0.5, 0.6) is 0 Å². The molecule has 26 valence electrons. The molecular weight excluding hydrogens is 52.0 g/mol. The van der Waals surface area contributed by atoms with Gasteiger partial charge in [-0.3, -0.25) is 0 Å². The highest BCUT2D eigenvalue weighted by Gasteiger charge is 1.69. The highest BCUT2D eigenvalue weighted by atomic mass is 16.3. The second-order valence-corrected chi connectivity index (χ2v) is 0.735. The molecule has 0 rings (SSSR count). The van der Waals surface area contributed by atoms with Gasteiger partial charge in [-0.05, 0) is 13.8 Å². The van der Waals surface area contributed by atoms with E-state index >= 15 is 0 Å². The fourth-order valence-electron chi connectivity index (χ4n) is 0. The lowest BCUT2D eigenvalue weighted by Crippen LogP contribution is -1.85. The van der Waals surface area contributed by atoms with E-state index in [1.54, 1.807) is 0 Å². The summed E-state index contributed by atoms with van der Waals surface area (Å²) in [7, 11) is 0. The maximum atomic E-state index is 8.31. The summed E-state index contributed by atoms with van der Waals surface area (Å²) in [6, 6.07) is 0. The van der Waals surface area contributed by atoms with Crippen LogP contribution in [0.25, 0.3) is 0 Å². The molecule has 0 fully saturated rings. The van der Waals surface area contributed by atoms with Gasteiger partial charge in [0.1, 0.15) is 0 Å². The molecule has 0 bridgehead atoms. The van der Waals surface area contributed by atoms with Gasteiger partial charge in [0.15, 0.2) is 0 Å². The molecule has 1 N–H and O–H groups in total. The van der Waals surface area contributed by atoms with Crippen LogP contribution in [0.15, 0.2) is 0 Å². The van der Waals surface area contributed by atoms with Crippen molar-refractivity contribution < 1.29 is 7.85 Å². The maximum Gasteiger partial charge on any atom is 0.0594 e. The van der Waals surface area contributed by atoms with Gasteiger partial charge >= 0.3 is 0 Å². The van der Waals surface area contributed by atoms with Crippen molar-refractivity contribution in [1.82, 2.24) is 0 Å². The molecule has 0 aromatic carbocycles. The molecule has 0 aliphatic heterocycles. The van der Waals surface area contributed by atoms with Gasteiger partial charge in [-0.2, -0.15) is 0 Å². The number of rotatable bonds is 0. The van der Waals surface area contributed by atoms with E-state index in [-0.39, 0.29) is 6.90 Å². The molecule has 1 nitrogen and oxygen atoms in total. The highest BCUT2D eigenvalue weighted by Crippen LogP contribution is 1.65. The quantitative estimate of drug-likeness (QED) is 0.430. The number of hydrogen-bond donors (Lipinski definition) is 1. The van der Waals surface area contributed by atoms with Crippen molar-refractivity contribution in [3.63, 3.8) is 0 Å². The monoisotopic (exact) mass is 62.1 g/mol. The third kappa shape index (κ3) is 1130. The molecular formula is C3H8O. The topological polar surface area (TPSA) is 20.2 Å². The minimum absolute atomic E-state index is 0.257. The van der Waals surface area contributed by atoms with Gasteiger partial charge in [0, 0.05) is 7.45 Å². The van der Waals surface area contributed by atoms with Crippen molar-refractivity contribution in [2.24, 2.45) is 0 Å². The molecule has 0 heterocycles. The largest absolute Gasteiger partial charge is 0.394 e. The number of aliphatic hydroxyl groups is 1.